The standard InChI is InChI=1S/C16H21N3OS/c1-16(2,3)14(20)18-15(21)19(11-7-10-17)12-13-8-5-4-6-9-13/h4-6,8-9H,7,11-12H2,1-3H3,(H,18,20,21). The molecule has 0 aromatic heterocycles. The van der Waals surface area contributed by atoms with Gasteiger partial charge in [-0.25, -0.2) is 0 Å². The lowest BCUT2D eigenvalue weighted by Gasteiger charge is -2.27. The van der Waals surface area contributed by atoms with Gasteiger partial charge in [-0.15, -0.1) is 0 Å². The number of nitriles is 1. The zero-order chi connectivity index (χ0) is 15.9. The first-order valence-electron chi connectivity index (χ1n) is 6.86. The van der Waals surface area contributed by atoms with Crippen molar-refractivity contribution in [1.82, 2.24) is 10.2 Å². The van der Waals surface area contributed by atoms with Crippen LogP contribution in [0.1, 0.15) is 32.8 Å². The average Bonchev–Trinajstić information content (AvgIpc) is 2.43. The maximum absolute atomic E-state index is 12.0. The lowest BCUT2D eigenvalue weighted by Crippen LogP contribution is -2.46. The zero-order valence-electron chi connectivity index (χ0n) is 12.7. The van der Waals surface area contributed by atoms with Crippen LogP contribution < -0.4 is 5.32 Å². The van der Waals surface area contributed by atoms with Crippen molar-refractivity contribution < 1.29 is 4.79 Å². The number of carbonyl (C=O) groups is 1. The highest BCUT2D eigenvalue weighted by atomic mass is 32.1. The van der Waals surface area contributed by atoms with Crippen molar-refractivity contribution in [3.63, 3.8) is 0 Å². The summed E-state index contributed by atoms with van der Waals surface area (Å²) >= 11 is 5.32. The third-order valence-electron chi connectivity index (χ3n) is 2.90. The van der Waals surface area contributed by atoms with Gasteiger partial charge in [0.2, 0.25) is 5.91 Å². The van der Waals surface area contributed by atoms with Crippen LogP contribution in [0.3, 0.4) is 0 Å². The largest absolute Gasteiger partial charge is 0.344 e. The molecule has 0 unspecified atom stereocenters. The molecule has 0 aliphatic rings. The summed E-state index contributed by atoms with van der Waals surface area (Å²) in [6, 6.07) is 11.9. The molecule has 0 fully saturated rings. The normalized spacial score (nSPS) is 10.6. The Morgan fingerprint density at radius 2 is 1.95 bits per heavy atom. The molecule has 5 heteroatoms. The van der Waals surface area contributed by atoms with Gasteiger partial charge in [-0.05, 0) is 17.8 Å². The van der Waals surface area contributed by atoms with Crippen molar-refractivity contribution >= 4 is 23.2 Å². The molecule has 0 bridgehead atoms. The molecule has 0 aliphatic carbocycles. The van der Waals surface area contributed by atoms with E-state index in [1.54, 1.807) is 0 Å². The number of nitrogens with one attached hydrogen (secondary N) is 1. The summed E-state index contributed by atoms with van der Waals surface area (Å²) in [6.07, 6.45) is 0.359. The summed E-state index contributed by atoms with van der Waals surface area (Å²) in [5, 5.41) is 11.9. The lowest BCUT2D eigenvalue weighted by atomic mass is 9.96. The first kappa shape index (κ1) is 17.1. The van der Waals surface area contributed by atoms with E-state index in [1.807, 2.05) is 56.0 Å². The predicted octanol–water partition coefficient (Wildman–Crippen LogP) is 2.85. The Kier molecular flexibility index (Phi) is 6.32. The molecule has 1 aromatic carbocycles. The van der Waals surface area contributed by atoms with E-state index >= 15 is 0 Å². The Labute approximate surface area is 131 Å². The minimum absolute atomic E-state index is 0.123. The number of thiocarbonyl (C=S) groups is 1. The van der Waals surface area contributed by atoms with Crippen LogP contribution in [0.15, 0.2) is 30.3 Å². The summed E-state index contributed by atoms with van der Waals surface area (Å²) in [5.74, 6) is -0.123. The number of hydrogen-bond acceptors (Lipinski definition) is 3. The number of benzene rings is 1. The summed E-state index contributed by atoms with van der Waals surface area (Å²) in [4.78, 5) is 13.9. The fourth-order valence-electron chi connectivity index (χ4n) is 1.60. The first-order chi connectivity index (χ1) is 9.84. The van der Waals surface area contributed by atoms with E-state index in [1.165, 1.54) is 0 Å². The number of nitrogens with zero attached hydrogens (tertiary/aromatic N) is 2. The molecule has 0 radical (unpaired) electrons. The summed E-state index contributed by atoms with van der Waals surface area (Å²) < 4.78 is 0. The molecule has 0 saturated carbocycles. The molecule has 0 spiro atoms. The zero-order valence-corrected chi connectivity index (χ0v) is 13.5. The summed E-state index contributed by atoms with van der Waals surface area (Å²) in [6.45, 7) is 6.58. The van der Waals surface area contributed by atoms with Crippen LogP contribution in [0.25, 0.3) is 0 Å². The second kappa shape index (κ2) is 7.75. The van der Waals surface area contributed by atoms with Gasteiger partial charge in [-0.1, -0.05) is 51.1 Å². The maximum Gasteiger partial charge on any atom is 0.231 e. The molecule has 0 heterocycles. The van der Waals surface area contributed by atoms with Crippen LogP contribution in [0, 0.1) is 16.7 Å². The van der Waals surface area contributed by atoms with Crippen molar-refractivity contribution in [2.45, 2.75) is 33.7 Å². The van der Waals surface area contributed by atoms with E-state index in [0.29, 0.717) is 24.6 Å². The van der Waals surface area contributed by atoms with Crippen LogP contribution in [0.4, 0.5) is 0 Å². The monoisotopic (exact) mass is 303 g/mol. The van der Waals surface area contributed by atoms with E-state index in [2.05, 4.69) is 11.4 Å². The van der Waals surface area contributed by atoms with Gasteiger partial charge in [0.05, 0.1) is 12.5 Å². The minimum Gasteiger partial charge on any atom is -0.344 e. The molecule has 1 aromatic rings. The van der Waals surface area contributed by atoms with Crippen molar-refractivity contribution in [3.05, 3.63) is 35.9 Å². The molecule has 0 saturated heterocycles. The van der Waals surface area contributed by atoms with Gasteiger partial charge in [0.25, 0.3) is 0 Å². The summed E-state index contributed by atoms with van der Waals surface area (Å²) in [5.41, 5.74) is 0.584. The number of amides is 1. The quantitative estimate of drug-likeness (QED) is 0.869. The van der Waals surface area contributed by atoms with Crippen molar-refractivity contribution in [1.29, 1.82) is 5.26 Å². The minimum atomic E-state index is -0.502. The third-order valence-corrected chi connectivity index (χ3v) is 3.26. The maximum atomic E-state index is 12.0. The van der Waals surface area contributed by atoms with Crippen LogP contribution in [-0.4, -0.2) is 22.5 Å². The van der Waals surface area contributed by atoms with Gasteiger partial charge in [-0.3, -0.25) is 4.79 Å². The van der Waals surface area contributed by atoms with Crippen LogP contribution in [-0.2, 0) is 11.3 Å². The van der Waals surface area contributed by atoms with Gasteiger partial charge in [-0.2, -0.15) is 5.26 Å². The first-order valence-corrected chi connectivity index (χ1v) is 7.26. The Bertz CT molecular complexity index is 529. The second-order valence-corrected chi connectivity index (χ2v) is 6.21. The molecule has 1 N–H and O–H groups in total. The number of hydrogen-bond donors (Lipinski definition) is 1. The Morgan fingerprint density at radius 3 is 2.48 bits per heavy atom. The van der Waals surface area contributed by atoms with Crippen LogP contribution in [0.5, 0.6) is 0 Å². The Morgan fingerprint density at radius 1 is 1.33 bits per heavy atom. The number of rotatable bonds is 4. The highest BCUT2D eigenvalue weighted by Crippen LogP contribution is 2.13. The fraction of sp³-hybridized carbons (Fsp3) is 0.438. The van der Waals surface area contributed by atoms with E-state index in [-0.39, 0.29) is 5.91 Å². The molecule has 1 amide bonds. The van der Waals surface area contributed by atoms with Gasteiger partial charge >= 0.3 is 0 Å². The topological polar surface area (TPSA) is 56.1 Å². The Hall–Kier alpha value is -1.93. The van der Waals surface area contributed by atoms with Gasteiger partial charge in [0.1, 0.15) is 0 Å². The van der Waals surface area contributed by atoms with E-state index in [9.17, 15) is 4.79 Å². The smallest absolute Gasteiger partial charge is 0.231 e. The van der Waals surface area contributed by atoms with E-state index in [0.717, 1.165) is 5.56 Å². The molecular formula is C16H21N3OS. The van der Waals surface area contributed by atoms with Crippen molar-refractivity contribution in [3.8, 4) is 6.07 Å². The molecule has 4 nitrogen and oxygen atoms in total. The molecule has 0 atom stereocenters. The van der Waals surface area contributed by atoms with Crippen LogP contribution >= 0.6 is 12.2 Å². The average molecular weight is 303 g/mol. The van der Waals surface area contributed by atoms with E-state index < -0.39 is 5.41 Å². The SMILES string of the molecule is CC(C)(C)C(=O)NC(=S)N(CCC#N)Cc1ccccc1. The van der Waals surface area contributed by atoms with Gasteiger partial charge < -0.3 is 10.2 Å². The Balaban J connectivity index is 2.75. The lowest BCUT2D eigenvalue weighted by molar-refractivity contribution is -0.127. The van der Waals surface area contributed by atoms with E-state index in [4.69, 9.17) is 17.5 Å². The van der Waals surface area contributed by atoms with Gasteiger partial charge in [0, 0.05) is 18.5 Å². The van der Waals surface area contributed by atoms with Gasteiger partial charge in [0.15, 0.2) is 5.11 Å². The molecule has 1 rings (SSSR count). The highest BCUT2D eigenvalue weighted by Gasteiger charge is 2.23. The molecule has 21 heavy (non-hydrogen) atoms. The predicted molar refractivity (Wildman–Crippen MR) is 87.3 cm³/mol. The fourth-order valence-corrected chi connectivity index (χ4v) is 1.85. The molecule has 112 valence electrons. The summed E-state index contributed by atoms with van der Waals surface area (Å²) in [7, 11) is 0. The molecule has 0 aliphatic heterocycles. The second-order valence-electron chi connectivity index (χ2n) is 5.82. The van der Waals surface area contributed by atoms with Crippen molar-refractivity contribution in [2.24, 2.45) is 5.41 Å². The number of carbonyl (C=O) groups excluding carboxylic acids is 1. The van der Waals surface area contributed by atoms with Crippen LogP contribution in [0.2, 0.25) is 0 Å². The molecular weight excluding hydrogens is 282 g/mol. The third kappa shape index (κ3) is 5.92. The van der Waals surface area contributed by atoms with Crippen molar-refractivity contribution in [2.75, 3.05) is 6.54 Å². The highest BCUT2D eigenvalue weighted by molar-refractivity contribution is 7.80.